The van der Waals surface area contributed by atoms with E-state index in [1.165, 1.54) is 10.6 Å². The van der Waals surface area contributed by atoms with Gasteiger partial charge >= 0.3 is 0 Å². The second-order valence-corrected chi connectivity index (χ2v) is 10.5. The predicted octanol–water partition coefficient (Wildman–Crippen LogP) is 6.19. The lowest BCUT2D eigenvalue weighted by Gasteiger charge is -2.40. The standard InChI is InChI=1S/C28H40N7O.4C2H6/c1-7-33(13-12-32(2)3)22-8-10-29-25(18-22)27-20-24(36-6)21-28(31-27)26-19-23(9-11-30-26)34-14-16-35(4,5)17-15-34;4*1-2/h8-11,18-21H,7,12-17H2,1-6H3;4*1-2H3/q+1;;;;/p+1. The maximum atomic E-state index is 5.65. The highest BCUT2D eigenvalue weighted by Crippen LogP contribution is 2.30. The molecule has 1 saturated heterocycles. The lowest BCUT2D eigenvalue weighted by molar-refractivity contribution is -0.890. The van der Waals surface area contributed by atoms with Crippen molar-refractivity contribution in [2.75, 3.05) is 90.9 Å². The SMILES string of the molecule is CC.CC.CC.CC.CCN(CC[NH+](C)C)c1ccnc(-c2cc(OC)cc(-c3cc(N4CC[N+](C)(C)CC4)ccn3)n2)c1. The predicted molar refractivity (Wildman–Crippen MR) is 192 cm³/mol. The Kier molecular flexibility index (Phi) is 20.7. The topological polar surface area (TPSA) is 58.8 Å². The second-order valence-electron chi connectivity index (χ2n) is 10.5. The summed E-state index contributed by atoms with van der Waals surface area (Å²) in [6, 6.07) is 12.3. The number of nitrogens with one attached hydrogen (secondary N) is 1. The van der Waals surface area contributed by atoms with E-state index in [1.54, 1.807) is 7.11 Å². The molecule has 1 aliphatic heterocycles. The molecule has 1 fully saturated rings. The van der Waals surface area contributed by atoms with Gasteiger partial charge in [0.2, 0.25) is 0 Å². The van der Waals surface area contributed by atoms with E-state index in [1.807, 2.05) is 79.9 Å². The molecule has 3 aromatic heterocycles. The third-order valence-corrected chi connectivity index (χ3v) is 6.99. The minimum absolute atomic E-state index is 0.745. The van der Waals surface area contributed by atoms with E-state index in [4.69, 9.17) is 9.72 Å². The van der Waals surface area contributed by atoms with Crippen molar-refractivity contribution in [3.8, 4) is 28.5 Å². The van der Waals surface area contributed by atoms with Gasteiger partial charge in [0.05, 0.1) is 97.3 Å². The number of anilines is 2. The molecule has 4 heterocycles. The van der Waals surface area contributed by atoms with E-state index in [2.05, 4.69) is 79.1 Å². The van der Waals surface area contributed by atoms with Crippen LogP contribution in [0.25, 0.3) is 22.8 Å². The molecule has 4 rings (SSSR count). The summed E-state index contributed by atoms with van der Waals surface area (Å²) in [6.07, 6.45) is 3.75. The Morgan fingerprint density at radius 1 is 0.795 bits per heavy atom. The highest BCUT2D eigenvalue weighted by molar-refractivity contribution is 5.69. The van der Waals surface area contributed by atoms with Gasteiger partial charge < -0.3 is 23.9 Å². The highest BCUT2D eigenvalue weighted by Gasteiger charge is 2.24. The Labute approximate surface area is 270 Å². The lowest BCUT2D eigenvalue weighted by atomic mass is 10.1. The van der Waals surface area contributed by atoms with E-state index in [9.17, 15) is 0 Å². The fourth-order valence-corrected chi connectivity index (χ4v) is 4.49. The highest BCUT2D eigenvalue weighted by atomic mass is 16.5. The molecule has 0 saturated carbocycles. The number of likely N-dealkylation sites (N-methyl/N-ethyl adjacent to an activating group) is 3. The van der Waals surface area contributed by atoms with Crippen LogP contribution in [0.15, 0.2) is 48.8 Å². The van der Waals surface area contributed by atoms with Gasteiger partial charge in [-0.1, -0.05) is 55.4 Å². The second kappa shape index (κ2) is 22.3. The Morgan fingerprint density at radius 2 is 1.32 bits per heavy atom. The van der Waals surface area contributed by atoms with E-state index < -0.39 is 0 Å². The summed E-state index contributed by atoms with van der Waals surface area (Å²) in [5.41, 5.74) is 5.58. The van der Waals surface area contributed by atoms with Crippen molar-refractivity contribution in [1.29, 1.82) is 0 Å². The molecule has 0 spiro atoms. The number of nitrogens with zero attached hydrogens (tertiary/aromatic N) is 6. The summed E-state index contributed by atoms with van der Waals surface area (Å²) in [7, 11) is 10.6. The molecule has 8 heteroatoms. The number of quaternary nitrogens is 2. The molecule has 1 aliphatic rings. The maximum Gasteiger partial charge on any atom is 0.123 e. The molecule has 44 heavy (non-hydrogen) atoms. The zero-order valence-corrected chi connectivity index (χ0v) is 30.7. The van der Waals surface area contributed by atoms with E-state index in [0.717, 1.165) is 84.5 Å². The zero-order chi connectivity index (χ0) is 33.7. The molecule has 0 aromatic carbocycles. The number of methoxy groups -OCH3 is 1. The van der Waals surface area contributed by atoms with E-state index >= 15 is 0 Å². The van der Waals surface area contributed by atoms with Gasteiger partial charge in [0.1, 0.15) is 5.75 Å². The molecule has 0 aliphatic carbocycles. The molecule has 8 nitrogen and oxygen atoms in total. The van der Waals surface area contributed by atoms with E-state index in [-0.39, 0.29) is 0 Å². The van der Waals surface area contributed by atoms with Crippen LogP contribution >= 0.6 is 0 Å². The number of rotatable bonds is 9. The summed E-state index contributed by atoms with van der Waals surface area (Å²) in [5, 5.41) is 0. The number of ether oxygens (including phenoxy) is 1. The Hall–Kier alpha value is -3.23. The first-order chi connectivity index (χ1) is 21.3. The number of hydrogen-bond acceptors (Lipinski definition) is 6. The van der Waals surface area contributed by atoms with Crippen molar-refractivity contribution in [3.05, 3.63) is 48.8 Å². The first-order valence-corrected chi connectivity index (χ1v) is 16.9. The normalized spacial score (nSPS) is 13.0. The molecular formula is C36H65N7O+2. The first kappa shape index (κ1) is 40.8. The molecule has 3 aromatic rings. The van der Waals surface area contributed by atoms with Crippen molar-refractivity contribution in [3.63, 3.8) is 0 Å². The fraction of sp³-hybridized carbons (Fsp3) is 0.583. The summed E-state index contributed by atoms with van der Waals surface area (Å²) in [5.74, 6) is 0.745. The third kappa shape index (κ3) is 12.8. The molecule has 0 unspecified atom stereocenters. The van der Waals surface area contributed by atoms with Crippen LogP contribution in [0.3, 0.4) is 0 Å². The smallest absolute Gasteiger partial charge is 0.123 e. The van der Waals surface area contributed by atoms with E-state index in [0.29, 0.717) is 0 Å². The summed E-state index contributed by atoms with van der Waals surface area (Å²) in [6.45, 7) is 25.5. The molecule has 0 radical (unpaired) electrons. The number of pyridine rings is 3. The van der Waals surface area contributed by atoms with Crippen LogP contribution in [-0.4, -0.2) is 101 Å². The average Bonchev–Trinajstić information content (AvgIpc) is 3.08. The minimum Gasteiger partial charge on any atom is -0.497 e. The first-order valence-electron chi connectivity index (χ1n) is 16.9. The van der Waals surface area contributed by atoms with Crippen LogP contribution in [-0.2, 0) is 0 Å². The molecule has 1 N–H and O–H groups in total. The van der Waals surface area contributed by atoms with Gasteiger partial charge in [0.15, 0.2) is 0 Å². The monoisotopic (exact) mass is 612 g/mol. The van der Waals surface area contributed by atoms with Crippen molar-refractivity contribution < 1.29 is 14.1 Å². The van der Waals surface area contributed by atoms with Crippen LogP contribution in [0.4, 0.5) is 11.4 Å². The number of piperazine rings is 1. The van der Waals surface area contributed by atoms with Gasteiger partial charge in [-0.05, 0) is 31.2 Å². The average molecular weight is 612 g/mol. The number of aromatic nitrogens is 3. The maximum absolute atomic E-state index is 5.65. The van der Waals surface area contributed by atoms with Gasteiger partial charge in [-0.2, -0.15) is 0 Å². The number of hydrogen-bond donors (Lipinski definition) is 1. The molecule has 248 valence electrons. The van der Waals surface area contributed by atoms with Crippen molar-refractivity contribution in [2.45, 2.75) is 62.3 Å². The fourth-order valence-electron chi connectivity index (χ4n) is 4.49. The van der Waals surface area contributed by atoms with Crippen LogP contribution in [0.2, 0.25) is 0 Å². The molecular weight excluding hydrogens is 546 g/mol. The van der Waals surface area contributed by atoms with Gasteiger partial charge in [-0.25, -0.2) is 4.98 Å². The Bertz CT molecular complexity index is 1090. The van der Waals surface area contributed by atoms with Crippen LogP contribution in [0, 0.1) is 0 Å². The van der Waals surface area contributed by atoms with Gasteiger partial charge in [-0.15, -0.1) is 0 Å². The Morgan fingerprint density at radius 3 is 1.82 bits per heavy atom. The van der Waals surface area contributed by atoms with Crippen LogP contribution < -0.4 is 19.4 Å². The molecule has 0 amide bonds. The van der Waals surface area contributed by atoms with Crippen molar-refractivity contribution in [1.82, 2.24) is 15.0 Å². The summed E-state index contributed by atoms with van der Waals surface area (Å²) >= 11 is 0. The van der Waals surface area contributed by atoms with Gasteiger partial charge in [0.25, 0.3) is 0 Å². The van der Waals surface area contributed by atoms with Crippen molar-refractivity contribution >= 4 is 11.4 Å². The van der Waals surface area contributed by atoms with Crippen LogP contribution in [0.1, 0.15) is 62.3 Å². The lowest BCUT2D eigenvalue weighted by Crippen LogP contribution is -3.06. The minimum atomic E-state index is 0.745. The van der Waals surface area contributed by atoms with Gasteiger partial charge in [-0.3, -0.25) is 9.97 Å². The molecule has 0 bridgehead atoms. The van der Waals surface area contributed by atoms with Gasteiger partial charge in [0, 0.05) is 42.4 Å². The third-order valence-electron chi connectivity index (χ3n) is 6.99. The summed E-state index contributed by atoms with van der Waals surface area (Å²) < 4.78 is 6.71. The zero-order valence-electron chi connectivity index (χ0n) is 30.7. The molecule has 0 atom stereocenters. The summed E-state index contributed by atoms with van der Waals surface area (Å²) in [4.78, 5) is 20.6. The quantitative estimate of drug-likeness (QED) is 0.292. The van der Waals surface area contributed by atoms with Crippen LogP contribution in [0.5, 0.6) is 5.75 Å². The Balaban J connectivity index is 0.00000214. The largest absolute Gasteiger partial charge is 0.497 e. The van der Waals surface area contributed by atoms with Crippen molar-refractivity contribution in [2.24, 2.45) is 0 Å².